The molecule has 3 heteroatoms. The summed E-state index contributed by atoms with van der Waals surface area (Å²) in [5.41, 5.74) is 1.36. The van der Waals surface area contributed by atoms with Crippen LogP contribution < -0.4 is 5.32 Å². The third-order valence-electron chi connectivity index (χ3n) is 4.23. The van der Waals surface area contributed by atoms with Crippen molar-refractivity contribution in [2.45, 2.75) is 46.5 Å². The van der Waals surface area contributed by atoms with E-state index in [0.29, 0.717) is 11.6 Å². The Balaban J connectivity index is 1.77. The highest BCUT2D eigenvalue weighted by Gasteiger charge is 2.09. The summed E-state index contributed by atoms with van der Waals surface area (Å²) in [5, 5.41) is 4.05. The van der Waals surface area contributed by atoms with Crippen LogP contribution in [0.3, 0.4) is 0 Å². The fourth-order valence-corrected chi connectivity index (χ4v) is 2.73. The van der Waals surface area contributed by atoms with E-state index < -0.39 is 0 Å². The Bertz CT molecular complexity index is 636. The number of hydrogen-bond donors (Lipinski definition) is 1. The molecule has 0 aliphatic heterocycles. The van der Waals surface area contributed by atoms with Gasteiger partial charge in [-0.05, 0) is 30.4 Å². The summed E-state index contributed by atoms with van der Waals surface area (Å²) < 4.78 is 0. The van der Waals surface area contributed by atoms with Crippen molar-refractivity contribution in [3.63, 3.8) is 0 Å². The zero-order valence-electron chi connectivity index (χ0n) is 14.5. The van der Waals surface area contributed by atoms with E-state index in [9.17, 15) is 4.79 Å². The molecule has 0 radical (unpaired) electrons. The van der Waals surface area contributed by atoms with Crippen LogP contribution >= 0.6 is 0 Å². The number of benzene rings is 1. The number of nitrogens with zero attached hydrogens (tertiary/aromatic N) is 1. The Labute approximate surface area is 139 Å². The van der Waals surface area contributed by atoms with Gasteiger partial charge in [-0.25, -0.2) is 4.98 Å². The van der Waals surface area contributed by atoms with Crippen LogP contribution in [0.15, 0.2) is 36.4 Å². The van der Waals surface area contributed by atoms with E-state index in [1.165, 1.54) is 19.3 Å². The van der Waals surface area contributed by atoms with Crippen LogP contribution in [0.5, 0.6) is 0 Å². The second-order valence-electron chi connectivity index (χ2n) is 6.86. The number of amides is 1. The molecule has 0 saturated carbocycles. The second kappa shape index (κ2) is 8.66. The van der Waals surface area contributed by atoms with Gasteiger partial charge in [0, 0.05) is 11.9 Å². The first kappa shape index (κ1) is 17.5. The molecule has 3 nitrogen and oxygen atoms in total. The van der Waals surface area contributed by atoms with Crippen molar-refractivity contribution in [3.8, 4) is 0 Å². The molecule has 1 aromatic heterocycles. The molecule has 1 N–H and O–H groups in total. The number of aromatic nitrogens is 1. The average molecular weight is 312 g/mol. The fraction of sp³-hybridized carbons (Fsp3) is 0.500. The minimum atomic E-state index is -0.0786. The normalized spacial score (nSPS) is 12.5. The Morgan fingerprint density at radius 2 is 1.83 bits per heavy atom. The van der Waals surface area contributed by atoms with E-state index in [4.69, 9.17) is 0 Å². The number of para-hydroxylation sites is 1. The first-order chi connectivity index (χ1) is 11.1. The van der Waals surface area contributed by atoms with Gasteiger partial charge < -0.3 is 5.32 Å². The van der Waals surface area contributed by atoms with E-state index in [1.807, 2.05) is 30.3 Å². The Morgan fingerprint density at radius 3 is 2.61 bits per heavy atom. The predicted octanol–water partition coefficient (Wildman–Crippen LogP) is 4.82. The summed E-state index contributed by atoms with van der Waals surface area (Å²) in [6, 6.07) is 11.6. The molecular formula is C20H28N2O. The Kier molecular flexibility index (Phi) is 6.57. The highest BCUT2D eigenvalue weighted by atomic mass is 16.1. The van der Waals surface area contributed by atoms with E-state index in [1.54, 1.807) is 6.07 Å². The number of hydrogen-bond acceptors (Lipinski definition) is 2. The topological polar surface area (TPSA) is 42.0 Å². The lowest BCUT2D eigenvalue weighted by Crippen LogP contribution is -2.26. The molecule has 0 fully saturated rings. The molecule has 2 aromatic rings. The van der Waals surface area contributed by atoms with Gasteiger partial charge in [0.05, 0.1) is 5.52 Å². The molecule has 0 aliphatic rings. The molecule has 23 heavy (non-hydrogen) atoms. The predicted molar refractivity (Wildman–Crippen MR) is 96.5 cm³/mol. The molecule has 1 atom stereocenters. The minimum absolute atomic E-state index is 0.0786. The second-order valence-corrected chi connectivity index (χ2v) is 6.86. The molecule has 2 rings (SSSR count). The zero-order chi connectivity index (χ0) is 16.7. The summed E-state index contributed by atoms with van der Waals surface area (Å²) in [6.07, 6.45) is 4.83. The van der Waals surface area contributed by atoms with Crippen molar-refractivity contribution < 1.29 is 4.79 Å². The molecule has 1 unspecified atom stereocenters. The number of fused-ring (bicyclic) bond motifs is 1. The van der Waals surface area contributed by atoms with Gasteiger partial charge in [-0.1, -0.05) is 64.3 Å². The van der Waals surface area contributed by atoms with Crippen LogP contribution in [0, 0.1) is 11.8 Å². The maximum absolute atomic E-state index is 12.2. The highest BCUT2D eigenvalue weighted by molar-refractivity contribution is 5.94. The van der Waals surface area contributed by atoms with Gasteiger partial charge in [0.25, 0.3) is 5.91 Å². The average Bonchev–Trinajstić information content (AvgIpc) is 2.54. The third-order valence-corrected chi connectivity index (χ3v) is 4.23. The van der Waals surface area contributed by atoms with Crippen molar-refractivity contribution in [1.82, 2.24) is 10.3 Å². The zero-order valence-corrected chi connectivity index (χ0v) is 14.5. The number of pyridine rings is 1. The van der Waals surface area contributed by atoms with Crippen molar-refractivity contribution in [2.75, 3.05) is 6.54 Å². The van der Waals surface area contributed by atoms with Gasteiger partial charge in [0.2, 0.25) is 0 Å². The van der Waals surface area contributed by atoms with Crippen LogP contribution in [-0.2, 0) is 0 Å². The smallest absolute Gasteiger partial charge is 0.269 e. The standard InChI is InChI=1S/C20H28N2O/c1-15(2)7-6-8-16(3)13-14-21-20(23)19-12-11-17-9-4-5-10-18(17)22-19/h4-5,9-12,15-16H,6-8,13-14H2,1-3H3,(H,21,23). The minimum Gasteiger partial charge on any atom is -0.351 e. The summed E-state index contributed by atoms with van der Waals surface area (Å²) in [7, 11) is 0. The van der Waals surface area contributed by atoms with Crippen LogP contribution in [0.4, 0.5) is 0 Å². The van der Waals surface area contributed by atoms with Crippen LogP contribution in [0.1, 0.15) is 56.9 Å². The lowest BCUT2D eigenvalue weighted by atomic mass is 9.97. The quantitative estimate of drug-likeness (QED) is 0.759. The molecule has 1 aromatic carbocycles. The summed E-state index contributed by atoms with van der Waals surface area (Å²) in [5.74, 6) is 1.35. The van der Waals surface area contributed by atoms with E-state index in [-0.39, 0.29) is 5.91 Å². The first-order valence-electron chi connectivity index (χ1n) is 8.70. The molecule has 0 spiro atoms. The maximum Gasteiger partial charge on any atom is 0.269 e. The van der Waals surface area contributed by atoms with Gasteiger partial charge in [0.15, 0.2) is 0 Å². The molecule has 0 bridgehead atoms. The monoisotopic (exact) mass is 312 g/mol. The lowest BCUT2D eigenvalue weighted by molar-refractivity contribution is 0.0947. The molecule has 1 amide bonds. The fourth-order valence-electron chi connectivity index (χ4n) is 2.73. The number of nitrogens with one attached hydrogen (secondary N) is 1. The number of carbonyl (C=O) groups is 1. The Hall–Kier alpha value is -1.90. The summed E-state index contributed by atoms with van der Waals surface area (Å²) in [4.78, 5) is 16.6. The van der Waals surface area contributed by atoms with E-state index in [2.05, 4.69) is 31.1 Å². The molecule has 0 aliphatic carbocycles. The Morgan fingerprint density at radius 1 is 1.04 bits per heavy atom. The maximum atomic E-state index is 12.2. The van der Waals surface area contributed by atoms with Gasteiger partial charge in [0.1, 0.15) is 5.69 Å². The van der Waals surface area contributed by atoms with Gasteiger partial charge in [-0.3, -0.25) is 4.79 Å². The van der Waals surface area contributed by atoms with Gasteiger partial charge in [-0.2, -0.15) is 0 Å². The molecule has 124 valence electrons. The van der Waals surface area contributed by atoms with Gasteiger partial charge >= 0.3 is 0 Å². The number of rotatable bonds is 8. The van der Waals surface area contributed by atoms with Crippen molar-refractivity contribution in [2.24, 2.45) is 11.8 Å². The van der Waals surface area contributed by atoms with Crippen molar-refractivity contribution in [1.29, 1.82) is 0 Å². The van der Waals surface area contributed by atoms with Crippen LogP contribution in [-0.4, -0.2) is 17.4 Å². The van der Waals surface area contributed by atoms with E-state index >= 15 is 0 Å². The highest BCUT2D eigenvalue weighted by Crippen LogP contribution is 2.15. The SMILES string of the molecule is CC(C)CCCC(C)CCNC(=O)c1ccc2ccccc2n1. The molecule has 1 heterocycles. The largest absolute Gasteiger partial charge is 0.351 e. The lowest BCUT2D eigenvalue weighted by Gasteiger charge is -2.12. The summed E-state index contributed by atoms with van der Waals surface area (Å²) in [6.45, 7) is 7.51. The number of carbonyl (C=O) groups excluding carboxylic acids is 1. The third kappa shape index (κ3) is 5.66. The molecular weight excluding hydrogens is 284 g/mol. The molecule has 0 saturated heterocycles. The van der Waals surface area contributed by atoms with Crippen molar-refractivity contribution in [3.05, 3.63) is 42.1 Å². The van der Waals surface area contributed by atoms with Gasteiger partial charge in [-0.15, -0.1) is 0 Å². The van der Waals surface area contributed by atoms with E-state index in [0.717, 1.165) is 29.8 Å². The summed E-state index contributed by atoms with van der Waals surface area (Å²) >= 11 is 0. The van der Waals surface area contributed by atoms with Crippen LogP contribution in [0.25, 0.3) is 10.9 Å². The van der Waals surface area contributed by atoms with Crippen molar-refractivity contribution >= 4 is 16.8 Å². The first-order valence-corrected chi connectivity index (χ1v) is 8.70. The van der Waals surface area contributed by atoms with Crippen LogP contribution in [0.2, 0.25) is 0 Å².